The van der Waals surface area contributed by atoms with Crippen LogP contribution in [0.25, 0.3) is 0 Å². The van der Waals surface area contributed by atoms with Gasteiger partial charge in [0.25, 0.3) is 0 Å². The lowest BCUT2D eigenvalue weighted by Gasteiger charge is -2.54. The molecule has 0 N–H and O–H groups in total. The molecule has 3 fully saturated rings. The molecule has 1 saturated carbocycles. The van der Waals surface area contributed by atoms with Crippen LogP contribution in [0.4, 0.5) is 4.79 Å². The number of carbonyl (C=O) groups is 1. The fourth-order valence-corrected chi connectivity index (χ4v) is 3.90. The maximum atomic E-state index is 12.3. The summed E-state index contributed by atoms with van der Waals surface area (Å²) < 4.78 is 16.8. The highest BCUT2D eigenvalue weighted by atomic mass is 16.6. The van der Waals surface area contributed by atoms with E-state index in [1.54, 1.807) is 4.90 Å². The third-order valence-corrected chi connectivity index (χ3v) is 4.77. The number of amides is 1. The van der Waals surface area contributed by atoms with Gasteiger partial charge in [-0.2, -0.15) is 0 Å². The van der Waals surface area contributed by atoms with E-state index in [-0.39, 0.29) is 18.7 Å². The lowest BCUT2D eigenvalue weighted by Crippen LogP contribution is -2.63. The SMILES string of the molecule is C#CCOC1(c2cc(C)no2)CC2CCC1N(C(=O)OCC)C2. The molecule has 6 heteroatoms. The average molecular weight is 318 g/mol. The highest BCUT2D eigenvalue weighted by Gasteiger charge is 2.57. The van der Waals surface area contributed by atoms with Crippen molar-refractivity contribution in [1.82, 2.24) is 10.1 Å². The van der Waals surface area contributed by atoms with Gasteiger partial charge in [0.2, 0.25) is 0 Å². The summed E-state index contributed by atoms with van der Waals surface area (Å²) in [6.07, 6.45) is 7.79. The molecule has 1 aromatic rings. The van der Waals surface area contributed by atoms with Gasteiger partial charge in [-0.25, -0.2) is 4.79 Å². The molecule has 3 unspecified atom stereocenters. The van der Waals surface area contributed by atoms with Crippen molar-refractivity contribution in [3.05, 3.63) is 17.5 Å². The maximum absolute atomic E-state index is 12.3. The van der Waals surface area contributed by atoms with E-state index in [9.17, 15) is 4.79 Å². The number of carbonyl (C=O) groups excluding carboxylic acids is 1. The van der Waals surface area contributed by atoms with E-state index in [2.05, 4.69) is 11.1 Å². The largest absolute Gasteiger partial charge is 0.450 e. The van der Waals surface area contributed by atoms with Gasteiger partial charge in [-0.05, 0) is 39.0 Å². The molecule has 6 nitrogen and oxygen atoms in total. The first-order valence-corrected chi connectivity index (χ1v) is 8.05. The summed E-state index contributed by atoms with van der Waals surface area (Å²) in [6, 6.07) is 1.73. The molecule has 0 spiro atoms. The number of hydrogen-bond donors (Lipinski definition) is 0. The molecule has 0 radical (unpaired) electrons. The molecule has 3 heterocycles. The zero-order valence-electron chi connectivity index (χ0n) is 13.6. The first kappa shape index (κ1) is 15.9. The van der Waals surface area contributed by atoms with Gasteiger partial charge in [-0.3, -0.25) is 0 Å². The minimum absolute atomic E-state index is 0.146. The molecule has 3 aliphatic rings. The van der Waals surface area contributed by atoms with Gasteiger partial charge in [-0.15, -0.1) is 6.42 Å². The molecule has 1 amide bonds. The Bertz CT molecular complexity index is 620. The second-order valence-electron chi connectivity index (χ2n) is 6.23. The Balaban J connectivity index is 1.98. The summed E-state index contributed by atoms with van der Waals surface area (Å²) >= 11 is 0. The first-order valence-electron chi connectivity index (χ1n) is 8.05. The highest BCUT2D eigenvalue weighted by Crippen LogP contribution is 2.50. The molecule has 124 valence electrons. The quantitative estimate of drug-likeness (QED) is 0.798. The third kappa shape index (κ3) is 2.70. The Morgan fingerprint density at radius 3 is 3.04 bits per heavy atom. The van der Waals surface area contributed by atoms with Gasteiger partial charge < -0.3 is 18.9 Å². The van der Waals surface area contributed by atoms with E-state index in [0.29, 0.717) is 24.8 Å². The Kier molecular flexibility index (Phi) is 4.31. The van der Waals surface area contributed by atoms with E-state index < -0.39 is 5.60 Å². The second kappa shape index (κ2) is 6.25. The number of terminal acetylenes is 1. The predicted octanol–water partition coefficient (Wildman–Crippen LogP) is 2.47. The summed E-state index contributed by atoms with van der Waals surface area (Å²) in [5, 5.41) is 3.99. The first-order chi connectivity index (χ1) is 11.1. The Labute approximate surface area is 136 Å². The molecule has 1 aliphatic carbocycles. The number of piperidine rings is 2. The zero-order chi connectivity index (χ0) is 16.4. The van der Waals surface area contributed by atoms with Gasteiger partial charge in [0.1, 0.15) is 6.61 Å². The van der Waals surface area contributed by atoms with Crippen molar-refractivity contribution in [2.75, 3.05) is 19.8 Å². The van der Waals surface area contributed by atoms with Gasteiger partial charge in [0.15, 0.2) is 11.4 Å². The monoisotopic (exact) mass is 318 g/mol. The Hall–Kier alpha value is -2.00. The van der Waals surface area contributed by atoms with E-state index in [1.165, 1.54) is 0 Å². The summed E-state index contributed by atoms with van der Waals surface area (Å²) in [4.78, 5) is 14.1. The number of hydrogen-bond acceptors (Lipinski definition) is 5. The van der Waals surface area contributed by atoms with Crippen molar-refractivity contribution in [3.8, 4) is 12.3 Å². The predicted molar refractivity (Wildman–Crippen MR) is 82.6 cm³/mol. The summed E-state index contributed by atoms with van der Waals surface area (Å²) in [5.41, 5.74) is 0.0504. The van der Waals surface area contributed by atoms with Crippen LogP contribution < -0.4 is 0 Å². The molecule has 2 bridgehead atoms. The third-order valence-electron chi connectivity index (χ3n) is 4.77. The molecular weight excluding hydrogens is 296 g/mol. The number of rotatable bonds is 4. The van der Waals surface area contributed by atoms with Crippen molar-refractivity contribution in [2.24, 2.45) is 5.92 Å². The van der Waals surface area contributed by atoms with Crippen LogP contribution in [0.15, 0.2) is 10.6 Å². The van der Waals surface area contributed by atoms with Crippen LogP contribution >= 0.6 is 0 Å². The molecule has 3 atom stereocenters. The molecular formula is C17H22N2O4. The van der Waals surface area contributed by atoms with Crippen LogP contribution in [0.3, 0.4) is 0 Å². The molecule has 2 aliphatic heterocycles. The van der Waals surface area contributed by atoms with E-state index >= 15 is 0 Å². The zero-order valence-corrected chi connectivity index (χ0v) is 13.6. The molecule has 2 saturated heterocycles. The smallest absolute Gasteiger partial charge is 0.410 e. The maximum Gasteiger partial charge on any atom is 0.410 e. The van der Waals surface area contributed by atoms with Crippen molar-refractivity contribution in [1.29, 1.82) is 0 Å². The number of nitrogens with zero attached hydrogens (tertiary/aromatic N) is 2. The van der Waals surface area contributed by atoms with Crippen LogP contribution in [0.2, 0.25) is 0 Å². The number of fused-ring (bicyclic) bond motifs is 3. The fourth-order valence-electron chi connectivity index (χ4n) is 3.90. The van der Waals surface area contributed by atoms with Crippen LogP contribution in [0.5, 0.6) is 0 Å². The minimum atomic E-state index is -0.735. The van der Waals surface area contributed by atoms with Gasteiger partial charge in [0.05, 0.1) is 18.3 Å². The molecule has 23 heavy (non-hydrogen) atoms. The average Bonchev–Trinajstić information content (AvgIpc) is 3.00. The molecule has 0 aromatic carbocycles. The van der Waals surface area contributed by atoms with Crippen LogP contribution in [-0.2, 0) is 15.1 Å². The topological polar surface area (TPSA) is 64.8 Å². The van der Waals surface area contributed by atoms with E-state index in [4.69, 9.17) is 20.4 Å². The molecule has 4 rings (SSSR count). The second-order valence-corrected chi connectivity index (χ2v) is 6.23. The van der Waals surface area contributed by atoms with Gasteiger partial charge in [0, 0.05) is 12.6 Å². The Morgan fingerprint density at radius 1 is 1.61 bits per heavy atom. The highest BCUT2D eigenvalue weighted by molar-refractivity contribution is 5.68. The summed E-state index contributed by atoms with van der Waals surface area (Å²) in [5.74, 6) is 3.51. The standard InChI is InChI=1S/C17H22N2O4/c1-4-8-22-17(15-9-12(3)18-23-15)10-13-6-7-14(17)19(11-13)16(20)21-5-2/h1,9,13-14H,5-8,10-11H2,2-3H3. The van der Waals surface area contributed by atoms with Crippen LogP contribution in [-0.4, -0.2) is 42.0 Å². The van der Waals surface area contributed by atoms with Gasteiger partial charge in [-0.1, -0.05) is 11.1 Å². The van der Waals surface area contributed by atoms with E-state index in [0.717, 1.165) is 25.0 Å². The van der Waals surface area contributed by atoms with Crippen LogP contribution in [0.1, 0.15) is 37.6 Å². The molecule has 1 aromatic heterocycles. The van der Waals surface area contributed by atoms with Crippen molar-refractivity contribution in [3.63, 3.8) is 0 Å². The fraction of sp³-hybridized carbons (Fsp3) is 0.647. The number of ether oxygens (including phenoxy) is 2. The van der Waals surface area contributed by atoms with Crippen LogP contribution in [0, 0.1) is 25.2 Å². The minimum Gasteiger partial charge on any atom is -0.450 e. The summed E-state index contributed by atoms with van der Waals surface area (Å²) in [6.45, 7) is 4.89. The lowest BCUT2D eigenvalue weighted by atomic mass is 9.68. The van der Waals surface area contributed by atoms with E-state index in [1.807, 2.05) is 19.9 Å². The van der Waals surface area contributed by atoms with Crippen molar-refractivity contribution >= 4 is 6.09 Å². The Morgan fingerprint density at radius 2 is 2.43 bits per heavy atom. The van der Waals surface area contributed by atoms with Crippen molar-refractivity contribution < 1.29 is 18.8 Å². The summed E-state index contributed by atoms with van der Waals surface area (Å²) in [7, 11) is 0. The normalized spacial score (nSPS) is 29.3. The lowest BCUT2D eigenvalue weighted by molar-refractivity contribution is -0.169. The number of aromatic nitrogens is 1. The van der Waals surface area contributed by atoms with Crippen molar-refractivity contribution in [2.45, 2.75) is 44.8 Å². The number of aryl methyl sites for hydroxylation is 1. The van der Waals surface area contributed by atoms with Gasteiger partial charge >= 0.3 is 6.09 Å².